The van der Waals surface area contributed by atoms with Gasteiger partial charge in [0, 0.05) is 5.02 Å². The molecule has 1 aromatic carbocycles. The zero-order chi connectivity index (χ0) is 16.0. The standard InChI is InChI=1S/C12H11BrClNO6/c13-7-3-6(14)1-2-9(7)21-5-10(16)15-8(12(19)20)4-11(17)18/h1-3,8H,4-5H2,(H,15,16)(H,17,18)(H,19,20)/t8-/m0/s1. The third-order valence-corrected chi connectivity index (χ3v) is 3.12. The monoisotopic (exact) mass is 379 g/mol. The molecule has 0 saturated carbocycles. The van der Waals surface area contributed by atoms with Gasteiger partial charge >= 0.3 is 11.9 Å². The van der Waals surface area contributed by atoms with Crippen LogP contribution in [0, 0.1) is 0 Å². The smallest absolute Gasteiger partial charge is 0.326 e. The second kappa shape index (κ2) is 7.84. The molecule has 0 fully saturated rings. The number of carboxylic acids is 2. The minimum atomic E-state index is -1.51. The molecule has 1 atom stereocenters. The highest BCUT2D eigenvalue weighted by Gasteiger charge is 2.23. The molecular weight excluding hydrogens is 369 g/mol. The summed E-state index contributed by atoms with van der Waals surface area (Å²) < 4.78 is 5.71. The number of ether oxygens (including phenoxy) is 1. The highest BCUT2D eigenvalue weighted by molar-refractivity contribution is 9.10. The summed E-state index contributed by atoms with van der Waals surface area (Å²) in [6, 6.07) is 3.15. The molecule has 0 aliphatic rings. The number of carbonyl (C=O) groups is 3. The van der Waals surface area contributed by atoms with E-state index in [0.717, 1.165) is 0 Å². The Balaban J connectivity index is 2.56. The quantitative estimate of drug-likeness (QED) is 0.661. The molecule has 1 aromatic rings. The van der Waals surface area contributed by atoms with Gasteiger partial charge in [0.2, 0.25) is 0 Å². The van der Waals surface area contributed by atoms with Crippen LogP contribution in [0.25, 0.3) is 0 Å². The zero-order valence-corrected chi connectivity index (χ0v) is 12.8. The van der Waals surface area contributed by atoms with Gasteiger partial charge in [-0.15, -0.1) is 0 Å². The molecule has 0 spiro atoms. The summed E-state index contributed by atoms with van der Waals surface area (Å²) in [6.07, 6.45) is -0.717. The molecule has 3 N–H and O–H groups in total. The molecule has 0 aliphatic heterocycles. The van der Waals surface area contributed by atoms with Crippen molar-refractivity contribution in [2.45, 2.75) is 12.5 Å². The number of hydrogen-bond donors (Lipinski definition) is 3. The first kappa shape index (κ1) is 17.3. The van der Waals surface area contributed by atoms with Gasteiger partial charge in [-0.2, -0.15) is 0 Å². The van der Waals surface area contributed by atoms with Crippen molar-refractivity contribution in [3.8, 4) is 5.75 Å². The number of nitrogens with one attached hydrogen (secondary N) is 1. The van der Waals surface area contributed by atoms with Crippen LogP contribution >= 0.6 is 27.5 Å². The maximum atomic E-state index is 11.6. The van der Waals surface area contributed by atoms with Gasteiger partial charge in [0.15, 0.2) is 6.61 Å². The van der Waals surface area contributed by atoms with Crippen LogP contribution in [-0.4, -0.2) is 40.7 Å². The van der Waals surface area contributed by atoms with Crippen molar-refractivity contribution in [3.05, 3.63) is 27.7 Å². The van der Waals surface area contributed by atoms with E-state index >= 15 is 0 Å². The molecule has 0 aliphatic carbocycles. The minimum Gasteiger partial charge on any atom is -0.483 e. The average Bonchev–Trinajstić information content (AvgIpc) is 2.36. The van der Waals surface area contributed by atoms with E-state index in [1.807, 2.05) is 0 Å². The van der Waals surface area contributed by atoms with Crippen LogP contribution in [-0.2, 0) is 14.4 Å². The van der Waals surface area contributed by atoms with Crippen LogP contribution in [0.3, 0.4) is 0 Å². The number of halogens is 2. The van der Waals surface area contributed by atoms with E-state index in [2.05, 4.69) is 21.2 Å². The van der Waals surface area contributed by atoms with Gasteiger partial charge in [-0.3, -0.25) is 9.59 Å². The Hall–Kier alpha value is -1.80. The van der Waals surface area contributed by atoms with Gasteiger partial charge in [0.25, 0.3) is 5.91 Å². The van der Waals surface area contributed by atoms with E-state index in [1.54, 1.807) is 12.1 Å². The number of amides is 1. The minimum absolute atomic E-state index is 0.347. The summed E-state index contributed by atoms with van der Waals surface area (Å²) in [5, 5.41) is 19.9. The molecule has 1 amide bonds. The molecule has 0 heterocycles. The number of hydrogen-bond acceptors (Lipinski definition) is 4. The topological polar surface area (TPSA) is 113 Å². The van der Waals surface area contributed by atoms with Crippen molar-refractivity contribution in [1.82, 2.24) is 5.32 Å². The lowest BCUT2D eigenvalue weighted by Gasteiger charge is -2.13. The number of rotatable bonds is 7. The van der Waals surface area contributed by atoms with E-state index < -0.39 is 36.9 Å². The first-order valence-electron chi connectivity index (χ1n) is 5.61. The van der Waals surface area contributed by atoms with E-state index in [9.17, 15) is 14.4 Å². The van der Waals surface area contributed by atoms with Crippen molar-refractivity contribution in [2.24, 2.45) is 0 Å². The zero-order valence-electron chi connectivity index (χ0n) is 10.5. The fourth-order valence-electron chi connectivity index (χ4n) is 1.35. The second-order valence-corrected chi connectivity index (χ2v) is 5.21. The lowest BCUT2D eigenvalue weighted by molar-refractivity contribution is -0.147. The van der Waals surface area contributed by atoms with E-state index in [1.165, 1.54) is 6.07 Å². The van der Waals surface area contributed by atoms with Crippen molar-refractivity contribution in [1.29, 1.82) is 0 Å². The van der Waals surface area contributed by atoms with Gasteiger partial charge < -0.3 is 20.3 Å². The van der Waals surface area contributed by atoms with Gasteiger partial charge in [0.05, 0.1) is 10.9 Å². The molecule has 7 nitrogen and oxygen atoms in total. The van der Waals surface area contributed by atoms with Crippen molar-refractivity contribution in [2.75, 3.05) is 6.61 Å². The molecule has 21 heavy (non-hydrogen) atoms. The van der Waals surface area contributed by atoms with Gasteiger partial charge in [-0.25, -0.2) is 4.79 Å². The van der Waals surface area contributed by atoms with E-state index in [-0.39, 0.29) is 0 Å². The van der Waals surface area contributed by atoms with E-state index in [0.29, 0.717) is 15.2 Å². The average molecular weight is 381 g/mol. The van der Waals surface area contributed by atoms with E-state index in [4.69, 9.17) is 26.6 Å². The Morgan fingerprint density at radius 1 is 1.33 bits per heavy atom. The normalized spacial score (nSPS) is 11.5. The first-order valence-corrected chi connectivity index (χ1v) is 6.78. The molecule has 0 aromatic heterocycles. The van der Waals surface area contributed by atoms with Crippen LogP contribution in [0.1, 0.15) is 6.42 Å². The van der Waals surface area contributed by atoms with Gasteiger partial charge in [-0.1, -0.05) is 11.6 Å². The van der Waals surface area contributed by atoms with Crippen molar-refractivity contribution >= 4 is 45.4 Å². The number of carbonyl (C=O) groups excluding carboxylic acids is 1. The maximum absolute atomic E-state index is 11.6. The van der Waals surface area contributed by atoms with Gasteiger partial charge in [0.1, 0.15) is 11.8 Å². The van der Waals surface area contributed by atoms with Crippen LogP contribution in [0.4, 0.5) is 0 Å². The Morgan fingerprint density at radius 3 is 2.52 bits per heavy atom. The Morgan fingerprint density at radius 2 is 2.00 bits per heavy atom. The predicted octanol–water partition coefficient (Wildman–Crippen LogP) is 1.53. The SMILES string of the molecule is O=C(O)C[C@H](NC(=O)COc1ccc(Cl)cc1Br)C(=O)O. The molecule has 9 heteroatoms. The van der Waals surface area contributed by atoms with Crippen molar-refractivity contribution < 1.29 is 29.3 Å². The largest absolute Gasteiger partial charge is 0.483 e. The molecule has 114 valence electrons. The molecular formula is C12H11BrClNO6. The van der Waals surface area contributed by atoms with Crippen molar-refractivity contribution in [3.63, 3.8) is 0 Å². The molecule has 0 unspecified atom stereocenters. The van der Waals surface area contributed by atoms with Crippen LogP contribution in [0.5, 0.6) is 5.75 Å². The third kappa shape index (κ3) is 6.01. The lowest BCUT2D eigenvalue weighted by atomic mass is 10.2. The number of aliphatic carboxylic acids is 2. The summed E-state index contributed by atoms with van der Waals surface area (Å²) in [6.45, 7) is -0.455. The maximum Gasteiger partial charge on any atom is 0.326 e. The first-order chi connectivity index (χ1) is 9.79. The lowest BCUT2D eigenvalue weighted by Crippen LogP contribution is -2.44. The molecule has 0 saturated heterocycles. The Bertz CT molecular complexity index is 565. The van der Waals surface area contributed by atoms with Crippen LogP contribution in [0.15, 0.2) is 22.7 Å². The fourth-order valence-corrected chi connectivity index (χ4v) is 2.14. The summed E-state index contributed by atoms with van der Waals surface area (Å²) in [5.41, 5.74) is 0. The summed E-state index contributed by atoms with van der Waals surface area (Å²) in [5.74, 6) is -3.16. The number of benzene rings is 1. The summed E-state index contributed by atoms with van der Waals surface area (Å²) in [7, 11) is 0. The second-order valence-electron chi connectivity index (χ2n) is 3.92. The fraction of sp³-hybridized carbons (Fsp3) is 0.250. The highest BCUT2D eigenvalue weighted by Crippen LogP contribution is 2.27. The van der Waals surface area contributed by atoms with Crippen LogP contribution < -0.4 is 10.1 Å². The molecule has 1 rings (SSSR count). The number of carboxylic acid groups (broad SMARTS) is 2. The molecule has 0 bridgehead atoms. The Kier molecular flexibility index (Phi) is 6.44. The Labute approximate surface area is 133 Å². The third-order valence-electron chi connectivity index (χ3n) is 2.26. The van der Waals surface area contributed by atoms with Gasteiger partial charge in [-0.05, 0) is 34.1 Å². The summed E-state index contributed by atoms with van der Waals surface area (Å²) >= 11 is 8.94. The predicted molar refractivity (Wildman–Crippen MR) is 76.5 cm³/mol. The molecule has 0 radical (unpaired) electrons. The van der Waals surface area contributed by atoms with Crippen LogP contribution in [0.2, 0.25) is 5.02 Å². The summed E-state index contributed by atoms with van der Waals surface area (Å²) in [4.78, 5) is 32.8. The highest BCUT2D eigenvalue weighted by atomic mass is 79.9.